The van der Waals surface area contributed by atoms with Gasteiger partial charge in [0, 0.05) is 44.8 Å². The van der Waals surface area contributed by atoms with Crippen molar-refractivity contribution in [2.75, 3.05) is 33.4 Å². The van der Waals surface area contributed by atoms with Gasteiger partial charge < -0.3 is 20.1 Å². The Morgan fingerprint density at radius 2 is 2.12 bits per heavy atom. The van der Waals surface area contributed by atoms with Crippen molar-refractivity contribution in [2.24, 2.45) is 11.1 Å². The van der Waals surface area contributed by atoms with Crippen LogP contribution in [0.1, 0.15) is 37.0 Å². The Morgan fingerprint density at radius 3 is 2.79 bits per heavy atom. The molecule has 1 saturated heterocycles. The SMILES string of the molecule is COCCCOc1cccc(C(=O)N2CCC(N)C(C)(C)C2)c1.Cl. The molecule has 2 rings (SSSR count). The van der Waals surface area contributed by atoms with Gasteiger partial charge in [-0.2, -0.15) is 0 Å². The molecule has 0 aromatic heterocycles. The van der Waals surface area contributed by atoms with Crippen molar-refractivity contribution < 1.29 is 14.3 Å². The summed E-state index contributed by atoms with van der Waals surface area (Å²) in [7, 11) is 1.67. The highest BCUT2D eigenvalue weighted by Crippen LogP contribution is 2.29. The number of nitrogens with zero attached hydrogens (tertiary/aromatic N) is 1. The maximum atomic E-state index is 12.7. The smallest absolute Gasteiger partial charge is 0.254 e. The molecule has 0 saturated carbocycles. The van der Waals surface area contributed by atoms with Crippen LogP contribution in [0.4, 0.5) is 0 Å². The van der Waals surface area contributed by atoms with E-state index in [1.165, 1.54) is 0 Å². The number of ether oxygens (including phenoxy) is 2. The molecule has 0 bridgehead atoms. The maximum absolute atomic E-state index is 12.7. The van der Waals surface area contributed by atoms with Gasteiger partial charge in [0.2, 0.25) is 0 Å². The molecule has 1 aliphatic heterocycles. The summed E-state index contributed by atoms with van der Waals surface area (Å²) in [6.45, 7) is 6.88. The lowest BCUT2D eigenvalue weighted by atomic mass is 9.79. The number of likely N-dealkylation sites (tertiary alicyclic amines) is 1. The molecule has 1 aromatic carbocycles. The third-order valence-corrected chi connectivity index (χ3v) is 4.44. The second-order valence-electron chi connectivity index (χ2n) is 6.83. The Kier molecular flexibility index (Phi) is 8.00. The predicted molar refractivity (Wildman–Crippen MR) is 98.0 cm³/mol. The number of hydrogen-bond donors (Lipinski definition) is 1. The summed E-state index contributed by atoms with van der Waals surface area (Å²) in [6.07, 6.45) is 1.67. The molecule has 6 heteroatoms. The van der Waals surface area contributed by atoms with Crippen LogP contribution >= 0.6 is 12.4 Å². The van der Waals surface area contributed by atoms with Gasteiger partial charge in [0.05, 0.1) is 6.61 Å². The third kappa shape index (κ3) is 5.36. The van der Waals surface area contributed by atoms with E-state index in [1.807, 2.05) is 29.2 Å². The average molecular weight is 357 g/mol. The van der Waals surface area contributed by atoms with Crippen molar-refractivity contribution in [1.82, 2.24) is 4.90 Å². The molecule has 0 aliphatic carbocycles. The normalized spacial score (nSPS) is 19.5. The van der Waals surface area contributed by atoms with Crippen molar-refractivity contribution in [2.45, 2.75) is 32.7 Å². The van der Waals surface area contributed by atoms with E-state index in [-0.39, 0.29) is 29.8 Å². The summed E-state index contributed by atoms with van der Waals surface area (Å²) in [6, 6.07) is 7.53. The molecule has 1 heterocycles. The highest BCUT2D eigenvalue weighted by molar-refractivity contribution is 5.94. The van der Waals surface area contributed by atoms with E-state index >= 15 is 0 Å². The van der Waals surface area contributed by atoms with Gasteiger partial charge in [-0.05, 0) is 30.0 Å². The highest BCUT2D eigenvalue weighted by atomic mass is 35.5. The summed E-state index contributed by atoms with van der Waals surface area (Å²) in [5, 5.41) is 0. The molecular weight excluding hydrogens is 328 g/mol. The first-order valence-electron chi connectivity index (χ1n) is 8.21. The van der Waals surface area contributed by atoms with Crippen LogP contribution in [0.25, 0.3) is 0 Å². The first-order chi connectivity index (χ1) is 10.9. The summed E-state index contributed by atoms with van der Waals surface area (Å²) in [5.41, 5.74) is 6.76. The van der Waals surface area contributed by atoms with Crippen LogP contribution in [-0.4, -0.2) is 50.3 Å². The minimum absolute atomic E-state index is 0. The number of benzene rings is 1. The molecule has 1 unspecified atom stereocenters. The molecule has 1 atom stereocenters. The Balaban J connectivity index is 0.00000288. The van der Waals surface area contributed by atoms with E-state index < -0.39 is 0 Å². The lowest BCUT2D eigenvalue weighted by Gasteiger charge is -2.42. The lowest BCUT2D eigenvalue weighted by Crippen LogP contribution is -2.53. The van der Waals surface area contributed by atoms with Crippen LogP contribution in [0, 0.1) is 5.41 Å². The van der Waals surface area contributed by atoms with Crippen LogP contribution in [0.2, 0.25) is 0 Å². The monoisotopic (exact) mass is 356 g/mol. The standard InChI is InChI=1S/C18H28N2O3.ClH/c1-18(2)13-20(9-8-16(18)19)17(21)14-6-4-7-15(12-14)23-11-5-10-22-3;/h4,6-7,12,16H,5,8-11,13,19H2,1-3H3;1H. The second-order valence-corrected chi connectivity index (χ2v) is 6.83. The predicted octanol–water partition coefficient (Wildman–Crippen LogP) is 2.72. The van der Waals surface area contributed by atoms with Crippen molar-refractivity contribution >= 4 is 18.3 Å². The molecule has 0 spiro atoms. The molecule has 1 aliphatic rings. The fraction of sp³-hybridized carbons (Fsp3) is 0.611. The van der Waals surface area contributed by atoms with E-state index in [0.717, 1.165) is 18.6 Å². The highest BCUT2D eigenvalue weighted by Gasteiger charge is 2.35. The van der Waals surface area contributed by atoms with E-state index in [1.54, 1.807) is 7.11 Å². The molecule has 136 valence electrons. The first kappa shape index (κ1) is 20.7. The number of amides is 1. The quantitative estimate of drug-likeness (QED) is 0.796. The van der Waals surface area contributed by atoms with Gasteiger partial charge in [-0.25, -0.2) is 0 Å². The van der Waals surface area contributed by atoms with Gasteiger partial charge in [0.15, 0.2) is 0 Å². The van der Waals surface area contributed by atoms with E-state index in [2.05, 4.69) is 13.8 Å². The number of hydrogen-bond acceptors (Lipinski definition) is 4. The minimum atomic E-state index is -0.0534. The number of halogens is 1. The molecule has 2 N–H and O–H groups in total. The van der Waals surface area contributed by atoms with Crippen LogP contribution in [0.5, 0.6) is 5.75 Å². The minimum Gasteiger partial charge on any atom is -0.493 e. The van der Waals surface area contributed by atoms with Crippen molar-refractivity contribution in [3.8, 4) is 5.75 Å². The molecule has 0 radical (unpaired) electrons. The largest absolute Gasteiger partial charge is 0.493 e. The summed E-state index contributed by atoms with van der Waals surface area (Å²) < 4.78 is 10.7. The maximum Gasteiger partial charge on any atom is 0.254 e. The topological polar surface area (TPSA) is 64.8 Å². The van der Waals surface area contributed by atoms with Crippen LogP contribution in [-0.2, 0) is 4.74 Å². The summed E-state index contributed by atoms with van der Waals surface area (Å²) in [5.74, 6) is 0.771. The second kappa shape index (κ2) is 9.25. The van der Waals surface area contributed by atoms with Crippen LogP contribution in [0.15, 0.2) is 24.3 Å². The van der Waals surface area contributed by atoms with E-state index in [0.29, 0.717) is 31.9 Å². The molecule has 1 fully saturated rings. The molecule has 5 nitrogen and oxygen atoms in total. The number of nitrogens with two attached hydrogens (primary N) is 1. The van der Waals surface area contributed by atoms with Gasteiger partial charge in [-0.1, -0.05) is 19.9 Å². The van der Waals surface area contributed by atoms with Gasteiger partial charge in [0.1, 0.15) is 5.75 Å². The zero-order valence-electron chi connectivity index (χ0n) is 14.8. The Morgan fingerprint density at radius 1 is 1.38 bits per heavy atom. The van der Waals surface area contributed by atoms with Gasteiger partial charge in [0.25, 0.3) is 5.91 Å². The lowest BCUT2D eigenvalue weighted by molar-refractivity contribution is 0.0532. The zero-order valence-corrected chi connectivity index (χ0v) is 15.6. The van der Waals surface area contributed by atoms with E-state index in [9.17, 15) is 4.79 Å². The van der Waals surface area contributed by atoms with Crippen molar-refractivity contribution in [3.05, 3.63) is 29.8 Å². The van der Waals surface area contributed by atoms with Gasteiger partial charge in [-0.3, -0.25) is 4.79 Å². The van der Waals surface area contributed by atoms with Crippen LogP contribution in [0.3, 0.4) is 0 Å². The average Bonchev–Trinajstić information content (AvgIpc) is 2.54. The van der Waals surface area contributed by atoms with Gasteiger partial charge >= 0.3 is 0 Å². The molecule has 1 amide bonds. The molecule has 24 heavy (non-hydrogen) atoms. The van der Waals surface area contributed by atoms with Crippen molar-refractivity contribution in [1.29, 1.82) is 0 Å². The van der Waals surface area contributed by atoms with Crippen LogP contribution < -0.4 is 10.5 Å². The Bertz CT molecular complexity index is 537. The zero-order chi connectivity index (χ0) is 16.9. The van der Waals surface area contributed by atoms with E-state index in [4.69, 9.17) is 15.2 Å². The number of piperidine rings is 1. The third-order valence-electron chi connectivity index (χ3n) is 4.44. The number of carbonyl (C=O) groups is 1. The number of carbonyl (C=O) groups excluding carboxylic acids is 1. The Labute approximate surface area is 150 Å². The number of methoxy groups -OCH3 is 1. The summed E-state index contributed by atoms with van der Waals surface area (Å²) >= 11 is 0. The number of rotatable bonds is 6. The summed E-state index contributed by atoms with van der Waals surface area (Å²) in [4.78, 5) is 14.6. The first-order valence-corrected chi connectivity index (χ1v) is 8.21. The fourth-order valence-electron chi connectivity index (χ4n) is 2.84. The molecular formula is C18H29ClN2O3. The molecule has 1 aromatic rings. The fourth-order valence-corrected chi connectivity index (χ4v) is 2.84. The van der Waals surface area contributed by atoms with Gasteiger partial charge in [-0.15, -0.1) is 12.4 Å². The van der Waals surface area contributed by atoms with Crippen molar-refractivity contribution in [3.63, 3.8) is 0 Å². The Hall–Kier alpha value is -1.30.